The normalized spacial score (nSPS) is 11.9. The molecule has 0 unspecified atom stereocenters. The molecule has 1 N–H and O–H groups in total. The fourth-order valence-electron chi connectivity index (χ4n) is 1.77. The van der Waals surface area contributed by atoms with Gasteiger partial charge in [0.1, 0.15) is 0 Å². The average molecular weight is 339 g/mol. The van der Waals surface area contributed by atoms with Crippen molar-refractivity contribution in [1.82, 2.24) is 5.32 Å². The van der Waals surface area contributed by atoms with Crippen LogP contribution < -0.4 is 5.32 Å². The monoisotopic (exact) mass is 337 g/mol. The van der Waals surface area contributed by atoms with E-state index < -0.39 is 0 Å². The molecule has 19 heavy (non-hydrogen) atoms. The highest BCUT2D eigenvalue weighted by Crippen LogP contribution is 2.18. The van der Waals surface area contributed by atoms with Gasteiger partial charge in [0, 0.05) is 15.1 Å². The van der Waals surface area contributed by atoms with Gasteiger partial charge in [-0.05, 0) is 42.8 Å². The van der Waals surface area contributed by atoms with Crippen LogP contribution in [0.4, 0.5) is 0 Å². The predicted molar refractivity (Wildman–Crippen MR) is 81.5 cm³/mol. The molecule has 0 aliphatic carbocycles. The highest BCUT2D eigenvalue weighted by molar-refractivity contribution is 9.10. The molecule has 0 aliphatic heterocycles. The van der Waals surface area contributed by atoms with Crippen LogP contribution in [0.15, 0.2) is 53.0 Å². The van der Waals surface area contributed by atoms with Crippen molar-refractivity contribution >= 4 is 33.4 Å². The van der Waals surface area contributed by atoms with Gasteiger partial charge in [0.15, 0.2) is 0 Å². The van der Waals surface area contributed by atoms with Gasteiger partial charge in [0.05, 0.1) is 6.04 Å². The molecule has 0 saturated heterocycles. The summed E-state index contributed by atoms with van der Waals surface area (Å²) in [5.74, 6) is -0.103. The molecule has 0 aromatic heterocycles. The minimum atomic E-state index is -0.103. The molecule has 2 rings (SSSR count). The first-order valence-electron chi connectivity index (χ1n) is 5.88. The molecule has 0 heterocycles. The molecule has 0 bridgehead atoms. The van der Waals surface area contributed by atoms with Gasteiger partial charge >= 0.3 is 0 Å². The van der Waals surface area contributed by atoms with Gasteiger partial charge in [0.25, 0.3) is 5.91 Å². The summed E-state index contributed by atoms with van der Waals surface area (Å²) in [4.78, 5) is 12.1. The molecule has 98 valence electrons. The van der Waals surface area contributed by atoms with Crippen LogP contribution in [0.3, 0.4) is 0 Å². The zero-order chi connectivity index (χ0) is 13.8. The zero-order valence-corrected chi connectivity index (χ0v) is 12.7. The average Bonchev–Trinajstić information content (AvgIpc) is 2.38. The van der Waals surface area contributed by atoms with Gasteiger partial charge < -0.3 is 5.32 Å². The zero-order valence-electron chi connectivity index (χ0n) is 10.4. The minimum Gasteiger partial charge on any atom is -0.346 e. The van der Waals surface area contributed by atoms with Gasteiger partial charge in [-0.3, -0.25) is 4.79 Å². The summed E-state index contributed by atoms with van der Waals surface area (Å²) in [6.45, 7) is 1.93. The molecule has 0 radical (unpaired) electrons. The van der Waals surface area contributed by atoms with Crippen LogP contribution in [0.25, 0.3) is 0 Å². The number of carbonyl (C=O) groups excluding carboxylic acids is 1. The summed E-state index contributed by atoms with van der Waals surface area (Å²) in [5.41, 5.74) is 1.61. The Morgan fingerprint density at radius 2 is 1.95 bits per heavy atom. The van der Waals surface area contributed by atoms with Gasteiger partial charge in [-0.15, -0.1) is 0 Å². The SMILES string of the molecule is C[C@H](NC(=O)c1cccc(Br)c1)c1cccc(Cl)c1. The number of benzene rings is 2. The molecular weight excluding hydrogens is 326 g/mol. The van der Waals surface area contributed by atoms with Crippen molar-refractivity contribution in [3.63, 3.8) is 0 Å². The molecule has 0 saturated carbocycles. The largest absolute Gasteiger partial charge is 0.346 e. The number of carbonyl (C=O) groups is 1. The number of rotatable bonds is 3. The van der Waals surface area contributed by atoms with E-state index in [-0.39, 0.29) is 11.9 Å². The van der Waals surface area contributed by atoms with Crippen LogP contribution in [-0.2, 0) is 0 Å². The second kappa shape index (κ2) is 6.22. The van der Waals surface area contributed by atoms with E-state index in [2.05, 4.69) is 21.2 Å². The summed E-state index contributed by atoms with van der Waals surface area (Å²) in [6.07, 6.45) is 0. The third kappa shape index (κ3) is 3.82. The maximum absolute atomic E-state index is 12.1. The van der Waals surface area contributed by atoms with E-state index in [1.165, 1.54) is 0 Å². The Hall–Kier alpha value is -1.32. The van der Waals surface area contributed by atoms with Crippen molar-refractivity contribution < 1.29 is 4.79 Å². The first-order valence-corrected chi connectivity index (χ1v) is 7.05. The van der Waals surface area contributed by atoms with Gasteiger partial charge in [-0.2, -0.15) is 0 Å². The van der Waals surface area contributed by atoms with Crippen LogP contribution in [-0.4, -0.2) is 5.91 Å². The van der Waals surface area contributed by atoms with E-state index >= 15 is 0 Å². The van der Waals surface area contributed by atoms with Gasteiger partial charge in [0.2, 0.25) is 0 Å². The van der Waals surface area contributed by atoms with Crippen LogP contribution in [0.5, 0.6) is 0 Å². The standard InChI is InChI=1S/C15H13BrClNO/c1-10(11-4-3-7-14(17)9-11)18-15(19)12-5-2-6-13(16)8-12/h2-10H,1H3,(H,18,19)/t10-/m0/s1. The van der Waals surface area contributed by atoms with Crippen molar-refractivity contribution in [2.75, 3.05) is 0 Å². The highest BCUT2D eigenvalue weighted by atomic mass is 79.9. The molecule has 2 nitrogen and oxygen atoms in total. The first-order chi connectivity index (χ1) is 9.06. The number of hydrogen-bond donors (Lipinski definition) is 1. The van der Waals surface area contributed by atoms with Crippen molar-refractivity contribution in [2.24, 2.45) is 0 Å². The van der Waals surface area contributed by atoms with Gasteiger partial charge in [-0.25, -0.2) is 0 Å². The third-order valence-electron chi connectivity index (χ3n) is 2.78. The van der Waals surface area contributed by atoms with Crippen LogP contribution >= 0.6 is 27.5 Å². The fourth-order valence-corrected chi connectivity index (χ4v) is 2.37. The Balaban J connectivity index is 2.11. The lowest BCUT2D eigenvalue weighted by Crippen LogP contribution is -2.26. The van der Waals surface area contributed by atoms with Crippen LogP contribution in [0.1, 0.15) is 28.9 Å². The minimum absolute atomic E-state index is 0.0924. The number of nitrogens with one attached hydrogen (secondary N) is 1. The summed E-state index contributed by atoms with van der Waals surface area (Å²) in [5, 5.41) is 3.62. The smallest absolute Gasteiger partial charge is 0.251 e. The molecule has 2 aromatic rings. The quantitative estimate of drug-likeness (QED) is 0.871. The second-order valence-corrected chi connectivity index (χ2v) is 5.61. The summed E-state index contributed by atoms with van der Waals surface area (Å²) < 4.78 is 0.885. The molecule has 2 aromatic carbocycles. The van der Waals surface area contributed by atoms with E-state index in [1.54, 1.807) is 12.1 Å². The van der Waals surface area contributed by atoms with Crippen molar-refractivity contribution in [2.45, 2.75) is 13.0 Å². The number of hydrogen-bond acceptors (Lipinski definition) is 1. The lowest BCUT2D eigenvalue weighted by atomic mass is 10.1. The fraction of sp³-hybridized carbons (Fsp3) is 0.133. The molecule has 1 amide bonds. The molecule has 0 spiro atoms. The van der Waals surface area contributed by atoms with Gasteiger partial charge in [-0.1, -0.05) is 45.7 Å². The van der Waals surface area contributed by atoms with E-state index in [1.807, 2.05) is 43.3 Å². The summed E-state index contributed by atoms with van der Waals surface area (Å²) >= 11 is 9.30. The molecule has 0 aliphatic rings. The number of amides is 1. The highest BCUT2D eigenvalue weighted by Gasteiger charge is 2.11. The lowest BCUT2D eigenvalue weighted by molar-refractivity contribution is 0.0940. The molecular formula is C15H13BrClNO. The molecule has 0 fully saturated rings. The summed E-state index contributed by atoms with van der Waals surface area (Å²) in [6, 6.07) is 14.7. The Labute approximate surface area is 125 Å². The van der Waals surface area contributed by atoms with Crippen LogP contribution in [0.2, 0.25) is 5.02 Å². The molecule has 4 heteroatoms. The summed E-state index contributed by atoms with van der Waals surface area (Å²) in [7, 11) is 0. The Morgan fingerprint density at radius 3 is 2.63 bits per heavy atom. The Kier molecular flexibility index (Phi) is 4.61. The predicted octanol–water partition coefficient (Wildman–Crippen LogP) is 4.59. The van der Waals surface area contributed by atoms with E-state index in [9.17, 15) is 4.79 Å². The van der Waals surface area contributed by atoms with E-state index in [0.717, 1.165) is 10.0 Å². The second-order valence-electron chi connectivity index (χ2n) is 4.26. The molecule has 1 atom stereocenters. The lowest BCUT2D eigenvalue weighted by Gasteiger charge is -2.14. The first kappa shape index (κ1) is 14.1. The Morgan fingerprint density at radius 1 is 1.21 bits per heavy atom. The maximum Gasteiger partial charge on any atom is 0.251 e. The topological polar surface area (TPSA) is 29.1 Å². The van der Waals surface area contributed by atoms with Crippen molar-refractivity contribution in [3.8, 4) is 0 Å². The van der Waals surface area contributed by atoms with E-state index in [4.69, 9.17) is 11.6 Å². The van der Waals surface area contributed by atoms with Crippen LogP contribution in [0, 0.1) is 0 Å². The van der Waals surface area contributed by atoms with Crippen molar-refractivity contribution in [3.05, 3.63) is 69.2 Å². The Bertz CT molecular complexity index is 600. The van der Waals surface area contributed by atoms with E-state index in [0.29, 0.717) is 10.6 Å². The van der Waals surface area contributed by atoms with Crippen molar-refractivity contribution in [1.29, 1.82) is 0 Å². The number of halogens is 2. The third-order valence-corrected chi connectivity index (χ3v) is 3.51. The maximum atomic E-state index is 12.1.